The minimum atomic E-state index is -4.11. The predicted octanol–water partition coefficient (Wildman–Crippen LogP) is 1.52. The summed E-state index contributed by atoms with van der Waals surface area (Å²) in [5, 5.41) is 22.8. The molecule has 2 aromatic rings. The number of carbonyl (C=O) groups is 3. The number of carbonyl (C=O) groups excluding carboxylic acids is 3. The van der Waals surface area contributed by atoms with Crippen LogP contribution in [0.3, 0.4) is 0 Å². The van der Waals surface area contributed by atoms with Gasteiger partial charge in [-0.05, 0) is 43.3 Å². The summed E-state index contributed by atoms with van der Waals surface area (Å²) in [4.78, 5) is 40.1. The number of hydrogen-bond acceptors (Lipinski definition) is 10. The Morgan fingerprint density at radius 2 is 1.78 bits per heavy atom. The third kappa shape index (κ3) is 5.69. The Bertz CT molecular complexity index is 1360. The van der Waals surface area contributed by atoms with Gasteiger partial charge in [-0.1, -0.05) is 0 Å². The first-order valence-electron chi connectivity index (χ1n) is 10.5. The maximum atomic E-state index is 13.0. The number of alkyl carbamates (subject to hydrolysis) is 1. The molecule has 1 aromatic carbocycles. The van der Waals surface area contributed by atoms with Gasteiger partial charge in [0.05, 0.1) is 29.7 Å². The van der Waals surface area contributed by atoms with Gasteiger partial charge < -0.3 is 15.0 Å². The molecule has 1 aromatic heterocycles. The molecule has 14 heteroatoms. The highest BCUT2D eigenvalue weighted by Crippen LogP contribution is 2.37. The second-order valence-corrected chi connectivity index (χ2v) is 10.8. The van der Waals surface area contributed by atoms with E-state index in [4.69, 9.17) is 10.5 Å². The standard InChI is InChI=1S/C22H22N6O6S2/c1-27-10-7-16-17(13-27)35-21(18(16)20(30)26-22(31)34-2)25-19(29)14-3-5-15(6-4-14)36(32,33)28(11-8-23)12-9-24/h3-6H,7,10-13H2,1-2H3,(H,25,29)(H,26,30,31). The van der Waals surface area contributed by atoms with Crippen LogP contribution in [0.25, 0.3) is 0 Å². The van der Waals surface area contributed by atoms with Gasteiger partial charge in [0.15, 0.2) is 0 Å². The van der Waals surface area contributed by atoms with Crippen LogP contribution in [-0.4, -0.2) is 69.3 Å². The van der Waals surface area contributed by atoms with Gasteiger partial charge in [0.1, 0.15) is 18.1 Å². The van der Waals surface area contributed by atoms with Gasteiger partial charge in [-0.25, -0.2) is 13.2 Å². The van der Waals surface area contributed by atoms with Gasteiger partial charge in [0.2, 0.25) is 10.0 Å². The van der Waals surface area contributed by atoms with Gasteiger partial charge in [0, 0.05) is 23.5 Å². The third-order valence-corrected chi connectivity index (χ3v) is 8.29. The van der Waals surface area contributed by atoms with Crippen LogP contribution in [0, 0.1) is 22.7 Å². The Hall–Kier alpha value is -3.82. The fraction of sp³-hybridized carbons (Fsp3) is 0.318. The summed E-state index contributed by atoms with van der Waals surface area (Å²) in [6.45, 7) is 0.280. The van der Waals surface area contributed by atoms with E-state index in [2.05, 4.69) is 20.3 Å². The maximum absolute atomic E-state index is 13.0. The lowest BCUT2D eigenvalue weighted by molar-refractivity contribution is 0.0936. The molecule has 1 aliphatic rings. The van der Waals surface area contributed by atoms with E-state index in [1.165, 1.54) is 35.6 Å². The Balaban J connectivity index is 1.88. The molecule has 0 bridgehead atoms. The first-order valence-corrected chi connectivity index (χ1v) is 12.8. The van der Waals surface area contributed by atoms with Crippen molar-refractivity contribution in [1.82, 2.24) is 14.5 Å². The smallest absolute Gasteiger partial charge is 0.413 e. The van der Waals surface area contributed by atoms with Gasteiger partial charge >= 0.3 is 6.09 Å². The number of imide groups is 1. The van der Waals surface area contributed by atoms with Gasteiger partial charge in [-0.15, -0.1) is 11.3 Å². The van der Waals surface area contributed by atoms with Crippen molar-refractivity contribution in [3.05, 3.63) is 45.8 Å². The van der Waals surface area contributed by atoms with E-state index in [-0.39, 0.29) is 21.0 Å². The number of rotatable bonds is 7. The third-order valence-electron chi connectivity index (χ3n) is 5.35. The largest absolute Gasteiger partial charge is 0.453 e. The van der Waals surface area contributed by atoms with Crippen molar-refractivity contribution in [2.24, 2.45) is 0 Å². The SMILES string of the molecule is COC(=O)NC(=O)c1c(NC(=O)c2ccc(S(=O)(=O)N(CC#N)CC#N)cc2)sc2c1CCN(C)C2. The Kier molecular flexibility index (Phi) is 8.39. The number of sulfonamides is 1. The molecule has 0 saturated heterocycles. The lowest BCUT2D eigenvalue weighted by atomic mass is 10.0. The van der Waals surface area contributed by atoms with E-state index in [1.807, 2.05) is 7.05 Å². The summed E-state index contributed by atoms with van der Waals surface area (Å²) in [5.74, 6) is -1.29. The summed E-state index contributed by atoms with van der Waals surface area (Å²) in [7, 11) is -1.05. The summed E-state index contributed by atoms with van der Waals surface area (Å²) in [6, 6.07) is 8.39. The molecule has 3 amide bonds. The zero-order valence-electron chi connectivity index (χ0n) is 19.4. The zero-order valence-corrected chi connectivity index (χ0v) is 21.0. The minimum Gasteiger partial charge on any atom is -0.453 e. The van der Waals surface area contributed by atoms with E-state index < -0.39 is 41.0 Å². The van der Waals surface area contributed by atoms with Crippen LogP contribution in [0.15, 0.2) is 29.2 Å². The van der Waals surface area contributed by atoms with Crippen LogP contribution in [-0.2, 0) is 27.7 Å². The molecule has 1 aliphatic heterocycles. The molecule has 0 aliphatic carbocycles. The number of ether oxygens (including phenoxy) is 1. The highest BCUT2D eigenvalue weighted by molar-refractivity contribution is 7.89. The number of fused-ring (bicyclic) bond motifs is 1. The first-order chi connectivity index (χ1) is 17.1. The molecule has 0 atom stereocenters. The summed E-state index contributed by atoms with van der Waals surface area (Å²) >= 11 is 1.22. The molecular formula is C22H22N6O6S2. The van der Waals surface area contributed by atoms with Crippen LogP contribution >= 0.6 is 11.3 Å². The number of nitrogens with zero attached hydrogens (tertiary/aromatic N) is 4. The number of methoxy groups -OCH3 is 1. The van der Waals surface area contributed by atoms with E-state index in [1.54, 1.807) is 12.1 Å². The molecule has 0 saturated carbocycles. The lowest BCUT2D eigenvalue weighted by Crippen LogP contribution is -2.33. The van der Waals surface area contributed by atoms with Crippen molar-refractivity contribution in [2.75, 3.05) is 39.1 Å². The number of nitrogens with one attached hydrogen (secondary N) is 2. The molecule has 3 rings (SSSR count). The number of amides is 3. The van der Waals surface area contributed by atoms with Crippen LogP contribution in [0.1, 0.15) is 31.2 Å². The van der Waals surface area contributed by atoms with Gasteiger partial charge in [0.25, 0.3) is 11.8 Å². The summed E-state index contributed by atoms with van der Waals surface area (Å²) in [5.41, 5.74) is 1.04. The van der Waals surface area contributed by atoms with Crippen molar-refractivity contribution < 1.29 is 27.5 Å². The highest BCUT2D eigenvalue weighted by Gasteiger charge is 2.29. The normalized spacial score (nSPS) is 13.2. The second-order valence-electron chi connectivity index (χ2n) is 7.71. The van der Waals surface area contributed by atoms with E-state index >= 15 is 0 Å². The number of likely N-dealkylation sites (N-methyl/N-ethyl adjacent to an activating group) is 1. The zero-order chi connectivity index (χ0) is 26.5. The molecule has 0 spiro atoms. The Labute approximate surface area is 211 Å². The van der Waals surface area contributed by atoms with Crippen LogP contribution in [0.4, 0.5) is 9.80 Å². The molecule has 2 heterocycles. The van der Waals surface area contributed by atoms with E-state index in [0.29, 0.717) is 19.5 Å². The van der Waals surface area contributed by atoms with Crippen LogP contribution in [0.5, 0.6) is 0 Å². The highest BCUT2D eigenvalue weighted by atomic mass is 32.2. The van der Waals surface area contributed by atoms with E-state index in [0.717, 1.165) is 21.9 Å². The molecule has 12 nitrogen and oxygen atoms in total. The summed E-state index contributed by atoms with van der Waals surface area (Å²) in [6.07, 6.45) is -0.375. The molecule has 0 unspecified atom stereocenters. The van der Waals surface area contributed by atoms with Crippen molar-refractivity contribution >= 4 is 44.3 Å². The Morgan fingerprint density at radius 1 is 1.14 bits per heavy atom. The monoisotopic (exact) mass is 530 g/mol. The number of anilines is 1. The number of benzene rings is 1. The van der Waals surface area contributed by atoms with Crippen molar-refractivity contribution in [2.45, 2.75) is 17.9 Å². The number of thiophene rings is 1. The summed E-state index contributed by atoms with van der Waals surface area (Å²) < 4.78 is 30.6. The minimum absolute atomic E-state index is 0.115. The molecule has 36 heavy (non-hydrogen) atoms. The fourth-order valence-corrected chi connectivity index (χ4v) is 6.11. The number of nitriles is 2. The van der Waals surface area contributed by atoms with Crippen molar-refractivity contribution in [3.8, 4) is 12.1 Å². The second kappa shape index (κ2) is 11.3. The lowest BCUT2D eigenvalue weighted by Gasteiger charge is -2.22. The average Bonchev–Trinajstić information content (AvgIpc) is 3.20. The van der Waals surface area contributed by atoms with Crippen molar-refractivity contribution in [1.29, 1.82) is 10.5 Å². The maximum Gasteiger partial charge on any atom is 0.413 e. The molecule has 0 radical (unpaired) electrons. The van der Waals surface area contributed by atoms with Crippen LogP contribution in [0.2, 0.25) is 0 Å². The topological polar surface area (TPSA) is 173 Å². The Morgan fingerprint density at radius 3 is 2.36 bits per heavy atom. The van der Waals surface area contributed by atoms with E-state index in [9.17, 15) is 22.8 Å². The quantitative estimate of drug-likeness (QED) is 0.503. The predicted molar refractivity (Wildman–Crippen MR) is 129 cm³/mol. The fourth-order valence-electron chi connectivity index (χ4n) is 3.55. The van der Waals surface area contributed by atoms with Crippen LogP contribution < -0.4 is 10.6 Å². The van der Waals surface area contributed by atoms with Crippen molar-refractivity contribution in [3.63, 3.8) is 0 Å². The number of hydrogen-bond donors (Lipinski definition) is 2. The average molecular weight is 531 g/mol. The molecule has 188 valence electrons. The first kappa shape index (κ1) is 26.8. The molecule has 2 N–H and O–H groups in total. The molecule has 0 fully saturated rings. The van der Waals surface area contributed by atoms with Gasteiger partial charge in [-0.3, -0.25) is 14.9 Å². The molecular weight excluding hydrogens is 508 g/mol. The van der Waals surface area contributed by atoms with Gasteiger partial charge in [-0.2, -0.15) is 14.8 Å².